The van der Waals surface area contributed by atoms with Crippen molar-refractivity contribution in [2.75, 3.05) is 27.2 Å². The Morgan fingerprint density at radius 1 is 1.31 bits per heavy atom. The highest BCUT2D eigenvalue weighted by atomic mass is 16.5. The molecule has 0 bridgehead atoms. The van der Waals surface area contributed by atoms with Crippen LogP contribution in [0.4, 0.5) is 0 Å². The summed E-state index contributed by atoms with van der Waals surface area (Å²) in [5.41, 5.74) is 6.56. The van der Waals surface area contributed by atoms with Crippen LogP contribution in [0.3, 0.4) is 0 Å². The number of hydrogen-bond acceptors (Lipinski definition) is 4. The predicted octanol–water partition coefficient (Wildman–Crippen LogP) is 0.447. The Morgan fingerprint density at radius 2 is 1.94 bits per heavy atom. The van der Waals surface area contributed by atoms with Gasteiger partial charge in [0.2, 0.25) is 0 Å². The lowest BCUT2D eigenvalue weighted by Gasteiger charge is -2.16. The molecular weight excluding hydrogens is 204 g/mol. The minimum atomic E-state index is -0.468. The van der Waals surface area contributed by atoms with Gasteiger partial charge in [0.25, 0.3) is 0 Å². The topological polar surface area (TPSA) is 58.7 Å². The number of nitrogens with zero attached hydrogens (tertiary/aromatic N) is 1. The summed E-state index contributed by atoms with van der Waals surface area (Å²) in [4.78, 5) is 1.92. The molecule has 1 unspecified atom stereocenters. The van der Waals surface area contributed by atoms with Crippen LogP contribution in [0.1, 0.15) is 5.56 Å². The Kier molecular flexibility index (Phi) is 5.25. The van der Waals surface area contributed by atoms with Gasteiger partial charge in [0.15, 0.2) is 0 Å². The highest BCUT2D eigenvalue weighted by Gasteiger charge is 2.06. The van der Waals surface area contributed by atoms with Crippen molar-refractivity contribution < 1.29 is 9.84 Å². The zero-order chi connectivity index (χ0) is 12.0. The van der Waals surface area contributed by atoms with Crippen molar-refractivity contribution in [3.63, 3.8) is 0 Å². The predicted molar refractivity (Wildman–Crippen MR) is 64.4 cm³/mol. The number of likely N-dealkylation sites (N-methyl/N-ethyl adjacent to an activating group) is 1. The van der Waals surface area contributed by atoms with Gasteiger partial charge in [-0.25, -0.2) is 0 Å². The lowest BCUT2D eigenvalue weighted by atomic mass is 10.2. The van der Waals surface area contributed by atoms with Gasteiger partial charge in [0, 0.05) is 13.1 Å². The fraction of sp³-hybridized carbons (Fsp3) is 0.500. The Hall–Kier alpha value is -1.10. The lowest BCUT2D eigenvalue weighted by Crippen LogP contribution is -2.30. The first kappa shape index (κ1) is 13.0. The Morgan fingerprint density at radius 3 is 2.44 bits per heavy atom. The number of benzene rings is 1. The first-order valence-electron chi connectivity index (χ1n) is 5.36. The van der Waals surface area contributed by atoms with Crippen molar-refractivity contribution in [1.82, 2.24) is 4.90 Å². The van der Waals surface area contributed by atoms with Gasteiger partial charge >= 0.3 is 0 Å². The molecule has 0 saturated carbocycles. The summed E-state index contributed by atoms with van der Waals surface area (Å²) in [6.07, 6.45) is -0.468. The van der Waals surface area contributed by atoms with E-state index in [0.29, 0.717) is 19.7 Å². The quantitative estimate of drug-likeness (QED) is 0.736. The molecule has 1 atom stereocenters. The molecule has 0 spiro atoms. The normalized spacial score (nSPS) is 12.8. The average Bonchev–Trinajstić information content (AvgIpc) is 2.26. The third-order valence-electron chi connectivity index (χ3n) is 2.18. The Labute approximate surface area is 96.6 Å². The van der Waals surface area contributed by atoms with Crippen molar-refractivity contribution in [2.24, 2.45) is 5.73 Å². The zero-order valence-electron chi connectivity index (χ0n) is 9.89. The van der Waals surface area contributed by atoms with E-state index in [-0.39, 0.29) is 0 Å². The van der Waals surface area contributed by atoms with Gasteiger partial charge in [0.05, 0.1) is 0 Å². The van der Waals surface area contributed by atoms with E-state index in [0.717, 1.165) is 11.3 Å². The number of rotatable bonds is 6. The molecule has 0 aliphatic carbocycles. The first-order chi connectivity index (χ1) is 7.61. The lowest BCUT2D eigenvalue weighted by molar-refractivity contribution is 0.0831. The summed E-state index contributed by atoms with van der Waals surface area (Å²) in [7, 11) is 3.83. The maximum absolute atomic E-state index is 9.60. The number of aliphatic hydroxyl groups excluding tert-OH is 1. The van der Waals surface area contributed by atoms with Crippen molar-refractivity contribution in [3.05, 3.63) is 29.8 Å². The van der Waals surface area contributed by atoms with Gasteiger partial charge in [-0.2, -0.15) is 0 Å². The van der Waals surface area contributed by atoms with E-state index in [9.17, 15) is 5.11 Å². The fourth-order valence-corrected chi connectivity index (χ4v) is 1.39. The largest absolute Gasteiger partial charge is 0.491 e. The van der Waals surface area contributed by atoms with Crippen LogP contribution in [-0.4, -0.2) is 43.4 Å². The molecule has 16 heavy (non-hydrogen) atoms. The standard InChI is InChI=1S/C12H20N2O2/c1-14(2)8-11(15)9-16-12-5-3-10(7-13)4-6-12/h3-6,11,15H,7-9,13H2,1-2H3. The van der Waals surface area contributed by atoms with E-state index in [1.165, 1.54) is 0 Å². The second-order valence-electron chi connectivity index (χ2n) is 4.08. The van der Waals surface area contributed by atoms with Gasteiger partial charge in [-0.05, 0) is 31.8 Å². The minimum absolute atomic E-state index is 0.306. The molecule has 0 aliphatic rings. The second-order valence-corrected chi connectivity index (χ2v) is 4.08. The highest BCUT2D eigenvalue weighted by Crippen LogP contribution is 2.11. The first-order valence-corrected chi connectivity index (χ1v) is 5.36. The van der Waals surface area contributed by atoms with Gasteiger partial charge < -0.3 is 20.5 Å². The minimum Gasteiger partial charge on any atom is -0.491 e. The molecule has 1 aromatic rings. The summed E-state index contributed by atoms with van der Waals surface area (Å²) in [5, 5.41) is 9.60. The zero-order valence-corrected chi connectivity index (χ0v) is 9.89. The van der Waals surface area contributed by atoms with Crippen LogP contribution >= 0.6 is 0 Å². The van der Waals surface area contributed by atoms with Crippen LogP contribution in [0.2, 0.25) is 0 Å². The molecule has 0 radical (unpaired) electrons. The van der Waals surface area contributed by atoms with E-state index in [1.807, 2.05) is 43.3 Å². The molecule has 0 aliphatic heterocycles. The highest BCUT2D eigenvalue weighted by molar-refractivity contribution is 5.27. The number of nitrogens with two attached hydrogens (primary N) is 1. The summed E-state index contributed by atoms with van der Waals surface area (Å²) in [5.74, 6) is 0.759. The van der Waals surface area contributed by atoms with E-state index in [1.54, 1.807) is 0 Å². The molecular formula is C12H20N2O2. The molecule has 4 nitrogen and oxygen atoms in total. The number of hydrogen-bond donors (Lipinski definition) is 2. The SMILES string of the molecule is CN(C)CC(O)COc1ccc(CN)cc1. The molecule has 1 rings (SSSR count). The molecule has 0 aromatic heterocycles. The molecule has 0 amide bonds. The molecule has 0 fully saturated rings. The van der Waals surface area contributed by atoms with Gasteiger partial charge in [0.1, 0.15) is 18.5 Å². The molecule has 90 valence electrons. The van der Waals surface area contributed by atoms with E-state index in [4.69, 9.17) is 10.5 Å². The van der Waals surface area contributed by atoms with Crippen LogP contribution in [0.15, 0.2) is 24.3 Å². The third-order valence-corrected chi connectivity index (χ3v) is 2.18. The Balaban J connectivity index is 2.36. The van der Waals surface area contributed by atoms with E-state index < -0.39 is 6.10 Å². The molecule has 0 saturated heterocycles. The van der Waals surface area contributed by atoms with Crippen molar-refractivity contribution >= 4 is 0 Å². The summed E-state index contributed by atoms with van der Waals surface area (Å²) >= 11 is 0. The molecule has 0 heterocycles. The van der Waals surface area contributed by atoms with Crippen molar-refractivity contribution in [3.8, 4) is 5.75 Å². The van der Waals surface area contributed by atoms with Crippen LogP contribution < -0.4 is 10.5 Å². The van der Waals surface area contributed by atoms with Crippen LogP contribution in [0.25, 0.3) is 0 Å². The van der Waals surface area contributed by atoms with E-state index >= 15 is 0 Å². The second kappa shape index (κ2) is 6.48. The molecule has 1 aromatic carbocycles. The van der Waals surface area contributed by atoms with Gasteiger partial charge in [-0.1, -0.05) is 12.1 Å². The van der Waals surface area contributed by atoms with Crippen LogP contribution in [-0.2, 0) is 6.54 Å². The monoisotopic (exact) mass is 224 g/mol. The number of aliphatic hydroxyl groups is 1. The van der Waals surface area contributed by atoms with Crippen molar-refractivity contribution in [1.29, 1.82) is 0 Å². The summed E-state index contributed by atoms with van der Waals surface area (Å²) in [6, 6.07) is 7.58. The van der Waals surface area contributed by atoms with Gasteiger partial charge in [-0.3, -0.25) is 0 Å². The van der Waals surface area contributed by atoms with Crippen LogP contribution in [0.5, 0.6) is 5.75 Å². The van der Waals surface area contributed by atoms with Crippen molar-refractivity contribution in [2.45, 2.75) is 12.6 Å². The van der Waals surface area contributed by atoms with E-state index in [2.05, 4.69) is 0 Å². The maximum Gasteiger partial charge on any atom is 0.119 e. The molecule has 4 heteroatoms. The third kappa shape index (κ3) is 4.61. The smallest absolute Gasteiger partial charge is 0.119 e. The Bertz CT molecular complexity index is 298. The number of ether oxygens (including phenoxy) is 1. The van der Waals surface area contributed by atoms with Crippen LogP contribution in [0, 0.1) is 0 Å². The average molecular weight is 224 g/mol. The maximum atomic E-state index is 9.60. The summed E-state index contributed by atoms with van der Waals surface area (Å²) in [6.45, 7) is 1.44. The van der Waals surface area contributed by atoms with Gasteiger partial charge in [-0.15, -0.1) is 0 Å². The molecule has 3 N–H and O–H groups in total. The fourth-order valence-electron chi connectivity index (χ4n) is 1.39. The summed E-state index contributed by atoms with van der Waals surface area (Å²) < 4.78 is 5.45.